The van der Waals surface area contributed by atoms with Gasteiger partial charge in [0.25, 0.3) is 0 Å². The number of carbonyl (C=O) groups is 1. The molecule has 0 aromatic carbocycles. The quantitative estimate of drug-likeness (QED) is 0.439. The molecule has 0 unspecified atom stereocenters. The Hall–Kier alpha value is 1.52. The predicted molar refractivity (Wildman–Crippen MR) is 58.8 cm³/mol. The molecule has 0 N–H and O–H groups in total. The standard InChI is InChI=1S/C7H13ClO2.Ca.2ClO/c1-2-3-4-5-6-10-7(8)9;;2*1-2/h2-6H2,1H3;;;/q;+2;2*-1. The van der Waals surface area contributed by atoms with Crippen LogP contribution in [0.1, 0.15) is 32.6 Å². The van der Waals surface area contributed by atoms with Gasteiger partial charge in [-0.05, 0) is 6.42 Å². The summed E-state index contributed by atoms with van der Waals surface area (Å²) < 4.78 is 20.0. The molecule has 0 fully saturated rings. The first-order valence-corrected chi connectivity index (χ1v) is 4.90. The van der Waals surface area contributed by atoms with Crippen molar-refractivity contribution in [1.29, 1.82) is 0 Å². The minimum Gasteiger partial charge on any atom is -0.769 e. The third kappa shape index (κ3) is 39.1. The van der Waals surface area contributed by atoms with Crippen LogP contribution in [-0.2, 0) is 4.74 Å². The first-order chi connectivity index (χ1) is 6.77. The molecule has 0 spiro atoms. The summed E-state index contributed by atoms with van der Waals surface area (Å²) >= 11 is 11.7. The first kappa shape index (κ1) is 25.4. The fraction of sp³-hybridized carbons (Fsp3) is 0.857. The maximum Gasteiger partial charge on any atom is 2.00 e. The molecule has 0 radical (unpaired) electrons. The van der Waals surface area contributed by atoms with E-state index in [1.165, 1.54) is 12.8 Å². The van der Waals surface area contributed by atoms with Gasteiger partial charge in [-0.3, -0.25) is 0 Å². The van der Waals surface area contributed by atoms with Crippen molar-refractivity contribution in [3.05, 3.63) is 0 Å². The number of hydrogen-bond acceptors (Lipinski definition) is 4. The molecule has 15 heavy (non-hydrogen) atoms. The molecule has 8 heteroatoms. The van der Waals surface area contributed by atoms with Gasteiger partial charge in [0, 0.05) is 11.6 Å². The zero-order chi connectivity index (χ0) is 11.8. The monoisotopic (exact) mass is 306 g/mol. The number of unbranched alkanes of at least 4 members (excludes halogenated alkanes) is 3. The van der Waals surface area contributed by atoms with E-state index in [0.29, 0.717) is 6.61 Å². The van der Waals surface area contributed by atoms with E-state index >= 15 is 0 Å². The van der Waals surface area contributed by atoms with Crippen LogP contribution < -0.4 is 9.32 Å². The normalized spacial score (nSPS) is 7.07. The molecule has 0 atom stereocenters. The Morgan fingerprint density at radius 3 is 1.93 bits per heavy atom. The van der Waals surface area contributed by atoms with Gasteiger partial charge in [0.05, 0.1) is 6.61 Å². The first-order valence-electron chi connectivity index (χ1n) is 3.90. The van der Waals surface area contributed by atoms with Crippen LogP contribution in [0, 0.1) is 0 Å². The van der Waals surface area contributed by atoms with Gasteiger partial charge in [-0.2, -0.15) is 0 Å². The van der Waals surface area contributed by atoms with E-state index in [1.807, 2.05) is 0 Å². The summed E-state index contributed by atoms with van der Waals surface area (Å²) in [6.07, 6.45) is 4.42. The second-order valence-corrected chi connectivity index (χ2v) is 2.46. The fourth-order valence-electron chi connectivity index (χ4n) is 0.681. The Labute approximate surface area is 135 Å². The summed E-state index contributed by atoms with van der Waals surface area (Å²) in [5.41, 5.74) is -0.698. The van der Waals surface area contributed by atoms with Gasteiger partial charge in [0.2, 0.25) is 0 Å². The summed E-state index contributed by atoms with van der Waals surface area (Å²) in [4.78, 5) is 10.0. The molecular weight excluding hydrogens is 295 g/mol. The van der Waals surface area contributed by atoms with Crippen LogP contribution in [0.4, 0.5) is 4.79 Å². The van der Waals surface area contributed by atoms with Crippen molar-refractivity contribution in [2.24, 2.45) is 0 Å². The maximum absolute atomic E-state index is 10.0. The predicted octanol–water partition coefficient (Wildman–Crippen LogP) is 1.56. The molecule has 4 nitrogen and oxygen atoms in total. The van der Waals surface area contributed by atoms with Gasteiger partial charge in [-0.1, -0.05) is 26.2 Å². The van der Waals surface area contributed by atoms with E-state index in [4.69, 9.17) is 20.9 Å². The molecule has 0 rings (SSSR count). The molecule has 0 bridgehead atoms. The molecule has 0 saturated carbocycles. The maximum atomic E-state index is 10.0. The average molecular weight is 308 g/mol. The molecule has 0 heterocycles. The molecule has 0 aromatic heterocycles. The van der Waals surface area contributed by atoms with Crippen LogP contribution in [0.15, 0.2) is 0 Å². The summed E-state index contributed by atoms with van der Waals surface area (Å²) in [7, 11) is 0. The van der Waals surface area contributed by atoms with Crippen LogP contribution in [0.5, 0.6) is 0 Å². The molecule has 0 aliphatic heterocycles. The minimum absolute atomic E-state index is 0. The van der Waals surface area contributed by atoms with Gasteiger partial charge in [-0.15, -0.1) is 0 Å². The third-order valence-electron chi connectivity index (χ3n) is 1.21. The van der Waals surface area contributed by atoms with E-state index in [0.717, 1.165) is 12.8 Å². The van der Waals surface area contributed by atoms with Crippen molar-refractivity contribution in [3.63, 3.8) is 0 Å². The van der Waals surface area contributed by atoms with Crippen molar-refractivity contribution in [2.45, 2.75) is 32.6 Å². The third-order valence-corrected chi connectivity index (χ3v) is 1.32. The number of hydrogen-bond donors (Lipinski definition) is 0. The van der Waals surface area contributed by atoms with Gasteiger partial charge in [0.1, 0.15) is 0 Å². The van der Waals surface area contributed by atoms with Gasteiger partial charge in [-0.25, -0.2) is 28.5 Å². The Balaban J connectivity index is -0.000000107. The second-order valence-electron chi connectivity index (χ2n) is 2.15. The van der Waals surface area contributed by atoms with E-state index in [-0.39, 0.29) is 37.7 Å². The van der Waals surface area contributed by atoms with Crippen molar-refractivity contribution < 1.29 is 18.8 Å². The van der Waals surface area contributed by atoms with Crippen molar-refractivity contribution in [1.82, 2.24) is 0 Å². The van der Waals surface area contributed by atoms with E-state index in [9.17, 15) is 4.79 Å². The largest absolute Gasteiger partial charge is 2.00 e. The summed E-state index contributed by atoms with van der Waals surface area (Å²) in [5.74, 6) is 0. The van der Waals surface area contributed by atoms with Gasteiger partial charge in [0.15, 0.2) is 0 Å². The smallest absolute Gasteiger partial charge is 0.769 e. The number of rotatable bonds is 5. The zero-order valence-electron chi connectivity index (χ0n) is 8.51. The van der Waals surface area contributed by atoms with Crippen LogP contribution >= 0.6 is 35.3 Å². The summed E-state index contributed by atoms with van der Waals surface area (Å²) in [6.45, 7) is 2.59. The molecule has 0 saturated heterocycles. The molecule has 0 aromatic rings. The SMILES string of the molecule is CCCCCCOC(=O)Cl.[Ca+2].[O-]Cl.[O-]Cl. The Morgan fingerprint density at radius 1 is 1.13 bits per heavy atom. The van der Waals surface area contributed by atoms with Crippen LogP contribution in [0.2, 0.25) is 0 Å². The Bertz CT molecular complexity index is 108. The fourth-order valence-corrected chi connectivity index (χ4v) is 0.758. The Morgan fingerprint density at radius 2 is 1.60 bits per heavy atom. The molecule has 0 aliphatic carbocycles. The molecule has 0 aliphatic rings. The number of carbonyl (C=O) groups excluding carboxylic acids is 1. The average Bonchev–Trinajstić information content (AvgIpc) is 2.23. The van der Waals surface area contributed by atoms with Gasteiger partial charge >= 0.3 is 43.2 Å². The topological polar surface area (TPSA) is 72.4 Å². The zero-order valence-corrected chi connectivity index (χ0v) is 13.0. The van der Waals surface area contributed by atoms with Crippen molar-refractivity contribution >= 4 is 78.5 Å². The van der Waals surface area contributed by atoms with E-state index < -0.39 is 5.43 Å². The van der Waals surface area contributed by atoms with E-state index in [1.54, 1.807) is 0 Å². The Kier molecular flexibility index (Phi) is 50.0. The van der Waals surface area contributed by atoms with Crippen molar-refractivity contribution in [3.8, 4) is 0 Å². The molecule has 0 amide bonds. The second kappa shape index (κ2) is 29.6. The number of ether oxygens (including phenoxy) is 1. The minimum atomic E-state index is -0.698. The number of halogens is 3. The van der Waals surface area contributed by atoms with Crippen LogP contribution in [-0.4, -0.2) is 49.8 Å². The van der Waals surface area contributed by atoms with Crippen molar-refractivity contribution in [2.75, 3.05) is 6.61 Å². The van der Waals surface area contributed by atoms with E-state index in [2.05, 4.69) is 35.4 Å². The summed E-state index contributed by atoms with van der Waals surface area (Å²) in [6, 6.07) is 0. The van der Waals surface area contributed by atoms with Crippen LogP contribution in [0.3, 0.4) is 0 Å². The molecule has 88 valence electrons. The molecular formula is C7H13CaCl3O4. The summed E-state index contributed by atoms with van der Waals surface area (Å²) in [5, 5.41) is 0. The van der Waals surface area contributed by atoms with Gasteiger partial charge < -0.3 is 14.1 Å². The van der Waals surface area contributed by atoms with Crippen LogP contribution in [0.25, 0.3) is 0 Å².